The molecular formula is C14H16ClN3O3. The van der Waals surface area contributed by atoms with Crippen LogP contribution < -0.4 is 15.5 Å². The van der Waals surface area contributed by atoms with Gasteiger partial charge in [-0.2, -0.15) is 5.10 Å². The molecular weight excluding hydrogens is 294 g/mol. The molecule has 0 unspecified atom stereocenters. The minimum atomic E-state index is -0.868. The zero-order valence-corrected chi connectivity index (χ0v) is 12.3. The molecule has 0 aliphatic carbocycles. The van der Waals surface area contributed by atoms with Crippen LogP contribution in [-0.2, 0) is 9.59 Å². The second-order valence-electron chi connectivity index (χ2n) is 3.81. The number of amides is 2. The van der Waals surface area contributed by atoms with Crippen LogP contribution in [-0.4, -0.2) is 31.2 Å². The molecule has 21 heavy (non-hydrogen) atoms. The van der Waals surface area contributed by atoms with Gasteiger partial charge in [-0.15, -0.1) is 6.58 Å². The first-order chi connectivity index (χ1) is 10.1. The fourth-order valence-corrected chi connectivity index (χ4v) is 1.54. The zero-order valence-electron chi connectivity index (χ0n) is 11.6. The molecule has 0 saturated carbocycles. The Labute approximate surface area is 127 Å². The molecule has 2 amide bonds. The van der Waals surface area contributed by atoms with Crippen LogP contribution in [0.25, 0.3) is 0 Å². The highest BCUT2D eigenvalue weighted by Crippen LogP contribution is 2.21. The van der Waals surface area contributed by atoms with E-state index < -0.39 is 11.8 Å². The second kappa shape index (κ2) is 8.76. The summed E-state index contributed by atoms with van der Waals surface area (Å²) >= 11 is 5.89. The molecule has 0 aliphatic rings. The molecule has 0 aromatic heterocycles. The minimum absolute atomic E-state index is 0.207. The number of nitrogens with zero attached hydrogens (tertiary/aromatic N) is 1. The lowest BCUT2D eigenvalue weighted by Gasteiger charge is -2.06. The van der Waals surface area contributed by atoms with Crippen molar-refractivity contribution >= 4 is 29.6 Å². The maximum absolute atomic E-state index is 11.4. The summed E-state index contributed by atoms with van der Waals surface area (Å²) in [6.07, 6.45) is 2.82. The van der Waals surface area contributed by atoms with Crippen molar-refractivity contribution in [3.63, 3.8) is 0 Å². The van der Waals surface area contributed by atoms with Crippen molar-refractivity contribution < 1.29 is 14.3 Å². The molecule has 2 N–H and O–H groups in total. The number of carbonyl (C=O) groups excluding carboxylic acids is 2. The molecule has 0 saturated heterocycles. The van der Waals surface area contributed by atoms with E-state index in [0.717, 1.165) is 0 Å². The third-order valence-electron chi connectivity index (χ3n) is 2.25. The summed E-state index contributed by atoms with van der Waals surface area (Å²) in [6.45, 7) is 5.97. The first kappa shape index (κ1) is 16.7. The molecule has 0 atom stereocenters. The molecule has 0 heterocycles. The Hall–Kier alpha value is -2.34. The van der Waals surface area contributed by atoms with Gasteiger partial charge in [0.15, 0.2) is 0 Å². The second-order valence-corrected chi connectivity index (χ2v) is 4.25. The van der Waals surface area contributed by atoms with Gasteiger partial charge in [-0.05, 0) is 25.1 Å². The summed E-state index contributed by atoms with van der Waals surface area (Å²) in [5, 5.41) is 6.55. The van der Waals surface area contributed by atoms with Crippen LogP contribution in [0, 0.1) is 0 Å². The highest BCUT2D eigenvalue weighted by Gasteiger charge is 2.10. The highest BCUT2D eigenvalue weighted by atomic mass is 35.5. The molecule has 0 aliphatic heterocycles. The predicted molar refractivity (Wildman–Crippen MR) is 81.6 cm³/mol. The molecule has 0 spiro atoms. The molecule has 0 fully saturated rings. The summed E-state index contributed by atoms with van der Waals surface area (Å²) < 4.78 is 5.40. The summed E-state index contributed by atoms with van der Waals surface area (Å²) in [7, 11) is 0. The SMILES string of the molecule is C=CCNC(=O)C(=O)N/N=C\c1cc(Cl)ccc1OCC. The Balaban J connectivity index is 2.68. The van der Waals surface area contributed by atoms with Gasteiger partial charge < -0.3 is 10.1 Å². The molecule has 6 nitrogen and oxygen atoms in total. The van der Waals surface area contributed by atoms with Gasteiger partial charge in [0.1, 0.15) is 5.75 Å². The van der Waals surface area contributed by atoms with Crippen molar-refractivity contribution in [3.05, 3.63) is 41.4 Å². The van der Waals surface area contributed by atoms with Crippen molar-refractivity contribution in [2.24, 2.45) is 5.10 Å². The number of halogens is 1. The first-order valence-corrected chi connectivity index (χ1v) is 6.60. The van der Waals surface area contributed by atoms with Gasteiger partial charge >= 0.3 is 11.8 Å². The zero-order chi connectivity index (χ0) is 15.7. The lowest BCUT2D eigenvalue weighted by Crippen LogP contribution is -2.37. The smallest absolute Gasteiger partial charge is 0.329 e. The Morgan fingerprint density at radius 3 is 2.86 bits per heavy atom. The van der Waals surface area contributed by atoms with E-state index >= 15 is 0 Å². The van der Waals surface area contributed by atoms with Crippen molar-refractivity contribution in [3.8, 4) is 5.75 Å². The molecule has 0 bridgehead atoms. The van der Waals surface area contributed by atoms with Gasteiger partial charge in [0.2, 0.25) is 0 Å². The number of hydrogen-bond donors (Lipinski definition) is 2. The van der Waals surface area contributed by atoms with E-state index in [2.05, 4.69) is 22.4 Å². The number of carbonyl (C=O) groups is 2. The Kier molecular flexibility index (Phi) is 6.97. The van der Waals surface area contributed by atoms with Gasteiger partial charge in [-0.3, -0.25) is 9.59 Å². The lowest BCUT2D eigenvalue weighted by molar-refractivity contribution is -0.139. The van der Waals surface area contributed by atoms with Gasteiger partial charge in [-0.1, -0.05) is 17.7 Å². The first-order valence-electron chi connectivity index (χ1n) is 6.23. The number of benzene rings is 1. The summed E-state index contributed by atoms with van der Waals surface area (Å²) in [6, 6.07) is 5.02. The standard InChI is InChI=1S/C14H16ClN3O3/c1-3-7-16-13(19)14(20)18-17-9-10-8-11(15)5-6-12(10)21-4-2/h3,5-6,8-9H,1,4,7H2,2H3,(H,16,19)(H,18,20)/b17-9-. The largest absolute Gasteiger partial charge is 0.493 e. The van der Waals surface area contributed by atoms with Crippen LogP contribution in [0.5, 0.6) is 5.75 Å². The van der Waals surface area contributed by atoms with E-state index in [4.69, 9.17) is 16.3 Å². The number of hydrazone groups is 1. The normalized spacial score (nSPS) is 10.2. The molecule has 7 heteroatoms. The van der Waals surface area contributed by atoms with Crippen LogP contribution in [0.2, 0.25) is 5.02 Å². The summed E-state index contributed by atoms with van der Waals surface area (Å²) in [5.74, 6) is -1.08. The predicted octanol–water partition coefficient (Wildman–Crippen LogP) is 1.49. The van der Waals surface area contributed by atoms with E-state index in [-0.39, 0.29) is 6.54 Å². The van der Waals surface area contributed by atoms with Crippen molar-refractivity contribution in [2.75, 3.05) is 13.2 Å². The number of ether oxygens (including phenoxy) is 1. The topological polar surface area (TPSA) is 79.8 Å². The average molecular weight is 310 g/mol. The lowest BCUT2D eigenvalue weighted by atomic mass is 10.2. The third-order valence-corrected chi connectivity index (χ3v) is 2.49. The minimum Gasteiger partial charge on any atom is -0.493 e. The van der Waals surface area contributed by atoms with Crippen LogP contribution >= 0.6 is 11.6 Å². The van der Waals surface area contributed by atoms with Crippen molar-refractivity contribution in [2.45, 2.75) is 6.92 Å². The van der Waals surface area contributed by atoms with Crippen LogP contribution in [0.4, 0.5) is 0 Å². The maximum atomic E-state index is 11.4. The van der Waals surface area contributed by atoms with Gasteiger partial charge in [0, 0.05) is 17.1 Å². The Morgan fingerprint density at radius 2 is 2.19 bits per heavy atom. The van der Waals surface area contributed by atoms with E-state index in [1.807, 2.05) is 6.92 Å². The number of nitrogens with one attached hydrogen (secondary N) is 2. The van der Waals surface area contributed by atoms with E-state index in [0.29, 0.717) is 22.9 Å². The highest BCUT2D eigenvalue weighted by molar-refractivity contribution is 6.35. The number of hydrogen-bond acceptors (Lipinski definition) is 4. The third kappa shape index (κ3) is 5.66. The van der Waals surface area contributed by atoms with Crippen LogP contribution in [0.3, 0.4) is 0 Å². The van der Waals surface area contributed by atoms with Gasteiger partial charge in [0.05, 0.1) is 12.8 Å². The molecule has 112 valence electrons. The fourth-order valence-electron chi connectivity index (χ4n) is 1.36. The molecule has 1 aromatic rings. The summed E-state index contributed by atoms with van der Waals surface area (Å²) in [4.78, 5) is 22.7. The Bertz CT molecular complexity index is 558. The summed E-state index contributed by atoms with van der Waals surface area (Å²) in [5.41, 5.74) is 2.71. The van der Waals surface area contributed by atoms with E-state index in [1.54, 1.807) is 18.2 Å². The number of rotatable bonds is 6. The quantitative estimate of drug-likeness (QED) is 0.362. The van der Waals surface area contributed by atoms with Gasteiger partial charge in [0.25, 0.3) is 0 Å². The fraction of sp³-hybridized carbons (Fsp3) is 0.214. The average Bonchev–Trinajstić information content (AvgIpc) is 2.47. The Morgan fingerprint density at radius 1 is 1.43 bits per heavy atom. The molecule has 1 aromatic carbocycles. The van der Waals surface area contributed by atoms with Crippen LogP contribution in [0.15, 0.2) is 36.0 Å². The molecule has 1 rings (SSSR count). The van der Waals surface area contributed by atoms with E-state index in [1.165, 1.54) is 12.3 Å². The van der Waals surface area contributed by atoms with Crippen molar-refractivity contribution in [1.29, 1.82) is 0 Å². The van der Waals surface area contributed by atoms with Gasteiger partial charge in [-0.25, -0.2) is 5.43 Å². The maximum Gasteiger partial charge on any atom is 0.329 e. The van der Waals surface area contributed by atoms with Crippen LogP contribution in [0.1, 0.15) is 12.5 Å². The monoisotopic (exact) mass is 309 g/mol. The van der Waals surface area contributed by atoms with Crippen molar-refractivity contribution in [1.82, 2.24) is 10.7 Å². The van der Waals surface area contributed by atoms with E-state index in [9.17, 15) is 9.59 Å². The molecule has 0 radical (unpaired) electrons.